The van der Waals surface area contributed by atoms with E-state index in [2.05, 4.69) is 51.9 Å². The number of amides is 1. The van der Waals surface area contributed by atoms with Crippen LogP contribution in [0.15, 0.2) is 33.4 Å². The number of hydrogen-bond donors (Lipinski definition) is 5. The van der Waals surface area contributed by atoms with E-state index in [9.17, 15) is 18.0 Å². The molecule has 0 saturated carbocycles. The maximum absolute atomic E-state index is 13.8. The topological polar surface area (TPSA) is 103 Å². The molecule has 0 spiro atoms. The van der Waals surface area contributed by atoms with Crippen molar-refractivity contribution in [1.82, 2.24) is 20.9 Å². The number of anilines is 1. The number of aliphatic imine (C=N–C) groups is 1. The molecule has 8 nitrogen and oxygen atoms in total. The minimum atomic E-state index is -4.59. The maximum Gasteiger partial charge on any atom is 0.419 e. The number of methoxy groups -OCH3 is 1. The lowest BCUT2D eigenvalue weighted by molar-refractivity contribution is -0.0855. The molecule has 12 heteroatoms. The number of piperidine rings is 1. The lowest BCUT2D eigenvalue weighted by atomic mass is 10.0. The van der Waals surface area contributed by atoms with Crippen molar-refractivity contribution in [1.29, 1.82) is 0 Å². The van der Waals surface area contributed by atoms with Crippen molar-refractivity contribution in [3.63, 3.8) is 0 Å². The van der Waals surface area contributed by atoms with Gasteiger partial charge in [0.05, 0.1) is 34.1 Å². The molecule has 2 aliphatic rings. The van der Waals surface area contributed by atoms with Crippen LogP contribution in [0.3, 0.4) is 0 Å². The summed E-state index contributed by atoms with van der Waals surface area (Å²) in [5, 5.41) is 12.6. The predicted molar refractivity (Wildman–Crippen MR) is 119 cm³/mol. The van der Waals surface area contributed by atoms with E-state index in [1.165, 1.54) is 13.3 Å². The number of allylic oxidation sites excluding steroid dienone is 1. The predicted octanol–water partition coefficient (Wildman–Crippen LogP) is 3.68. The Hall–Kier alpha value is -2.57. The van der Waals surface area contributed by atoms with E-state index in [0.29, 0.717) is 26.6 Å². The van der Waals surface area contributed by atoms with E-state index in [1.54, 1.807) is 12.1 Å². The van der Waals surface area contributed by atoms with Crippen LogP contribution < -0.4 is 21.3 Å². The average molecular weight is 515 g/mol. The lowest BCUT2D eigenvalue weighted by Crippen LogP contribution is -2.52. The number of carbonyl (C=O) groups excluding carboxylic acids is 1. The minimum Gasteiger partial charge on any atom is -0.453 e. The average Bonchev–Trinajstić information content (AvgIpc) is 3.20. The van der Waals surface area contributed by atoms with Gasteiger partial charge in [0, 0.05) is 35.9 Å². The molecule has 2 unspecified atom stereocenters. The van der Waals surface area contributed by atoms with Crippen LogP contribution in [-0.4, -0.2) is 56.0 Å². The molecule has 1 saturated heterocycles. The number of nitrogens with zero attached hydrogens (tertiary/aromatic N) is 1. The number of alkyl halides is 3. The molecule has 32 heavy (non-hydrogen) atoms. The van der Waals surface area contributed by atoms with Crippen molar-refractivity contribution in [2.75, 3.05) is 25.5 Å². The lowest BCUT2D eigenvalue weighted by Gasteiger charge is -2.31. The number of fused-ring (bicyclic) bond motifs is 1. The van der Waals surface area contributed by atoms with Gasteiger partial charge >= 0.3 is 12.3 Å². The number of aromatic amines is 1. The highest BCUT2D eigenvalue weighted by atomic mass is 79.9. The first-order valence-electron chi connectivity index (χ1n) is 10.0. The summed E-state index contributed by atoms with van der Waals surface area (Å²) in [5.41, 5.74) is 0.377. The number of carbonyl (C=O) groups is 1. The van der Waals surface area contributed by atoms with Gasteiger partial charge in [-0.05, 0) is 41.4 Å². The Bertz CT molecular complexity index is 1080. The first-order valence-corrected chi connectivity index (χ1v) is 10.8. The fraction of sp³-hybridized carbons (Fsp3) is 0.400. The molecule has 1 amide bonds. The highest BCUT2D eigenvalue weighted by Gasteiger charge is 2.39. The Kier molecular flexibility index (Phi) is 6.45. The van der Waals surface area contributed by atoms with Gasteiger partial charge in [0.1, 0.15) is 0 Å². The fourth-order valence-corrected chi connectivity index (χ4v) is 4.39. The third-order valence-corrected chi connectivity index (χ3v) is 6.21. The molecule has 0 radical (unpaired) electrons. The van der Waals surface area contributed by atoms with Gasteiger partial charge in [-0.25, -0.2) is 4.79 Å². The van der Waals surface area contributed by atoms with Gasteiger partial charge in [0.25, 0.3) is 0 Å². The number of nitrogens with one attached hydrogen (secondary N) is 5. The van der Waals surface area contributed by atoms with Crippen LogP contribution in [-0.2, 0) is 4.74 Å². The first kappa shape index (κ1) is 22.6. The summed E-state index contributed by atoms with van der Waals surface area (Å²) < 4.78 is 46.5. The van der Waals surface area contributed by atoms with Gasteiger partial charge in [0.15, 0.2) is 6.29 Å². The molecule has 4 rings (SSSR count). The molecule has 1 aromatic heterocycles. The number of hydrogen-bond acceptors (Lipinski definition) is 6. The summed E-state index contributed by atoms with van der Waals surface area (Å²) in [6.07, 6.45) is -1.64. The number of aromatic nitrogens is 1. The van der Waals surface area contributed by atoms with Crippen LogP contribution in [0.4, 0.5) is 23.7 Å². The van der Waals surface area contributed by atoms with Crippen molar-refractivity contribution < 1.29 is 22.7 Å². The zero-order valence-electron chi connectivity index (χ0n) is 17.1. The van der Waals surface area contributed by atoms with E-state index >= 15 is 0 Å². The second-order valence-electron chi connectivity index (χ2n) is 7.49. The zero-order chi connectivity index (χ0) is 22.9. The van der Waals surface area contributed by atoms with Gasteiger partial charge in [-0.2, -0.15) is 13.2 Å². The zero-order valence-corrected chi connectivity index (χ0v) is 18.7. The summed E-state index contributed by atoms with van der Waals surface area (Å²) in [5.74, 6) is 0. The molecular formula is C20H22BrF3N6O2. The summed E-state index contributed by atoms with van der Waals surface area (Å²) in [7, 11) is 1.24. The monoisotopic (exact) mass is 514 g/mol. The van der Waals surface area contributed by atoms with Crippen LogP contribution in [0.5, 0.6) is 0 Å². The van der Waals surface area contributed by atoms with Gasteiger partial charge < -0.3 is 20.4 Å². The minimum absolute atomic E-state index is 0.0689. The van der Waals surface area contributed by atoms with Crippen molar-refractivity contribution >= 4 is 50.5 Å². The molecule has 0 bridgehead atoms. The van der Waals surface area contributed by atoms with E-state index in [1.807, 2.05) is 0 Å². The Morgan fingerprint density at radius 1 is 1.34 bits per heavy atom. The Balaban J connectivity index is 1.69. The number of ether oxygens (including phenoxy) is 1. The van der Waals surface area contributed by atoms with E-state index in [-0.39, 0.29) is 11.7 Å². The standard InChI is InChI=1S/C20H22BrF3N6O2/c1-32-19(31)29-14-5-4-11-12(8-26-17(11)15(14)21)16-13(20(22,23)24)9-27-18(30-16)28-10-3-2-6-25-7-10/h4-5,8-10,18,25-26,28,30H,2-3,6-7H2,1H3,(H,29,31). The number of halogens is 4. The third kappa shape index (κ3) is 4.62. The Labute approximate surface area is 190 Å². The van der Waals surface area contributed by atoms with Crippen molar-refractivity contribution in [2.45, 2.75) is 31.3 Å². The molecular weight excluding hydrogens is 493 g/mol. The summed E-state index contributed by atoms with van der Waals surface area (Å²) in [6, 6.07) is 3.34. The number of rotatable bonds is 4. The fourth-order valence-electron chi connectivity index (χ4n) is 3.83. The van der Waals surface area contributed by atoms with E-state index in [0.717, 1.165) is 32.1 Å². The third-order valence-electron chi connectivity index (χ3n) is 5.38. The molecule has 0 aliphatic carbocycles. The molecule has 2 atom stereocenters. The summed E-state index contributed by atoms with van der Waals surface area (Å²) in [6.45, 7) is 1.66. The van der Waals surface area contributed by atoms with E-state index < -0.39 is 24.1 Å². The Morgan fingerprint density at radius 2 is 2.16 bits per heavy atom. The van der Waals surface area contributed by atoms with Crippen LogP contribution >= 0.6 is 15.9 Å². The first-order chi connectivity index (χ1) is 15.3. The highest BCUT2D eigenvalue weighted by molar-refractivity contribution is 9.10. The molecule has 3 heterocycles. The molecule has 2 aliphatic heterocycles. The summed E-state index contributed by atoms with van der Waals surface area (Å²) >= 11 is 3.40. The SMILES string of the molecule is COC(=O)Nc1ccc2c(C3=C(C(F)(F)F)C=NC(NC4CCCNC4)N3)c[nH]c2c1Br. The molecule has 5 N–H and O–H groups in total. The van der Waals surface area contributed by atoms with Crippen molar-refractivity contribution in [2.24, 2.45) is 4.99 Å². The Morgan fingerprint density at radius 3 is 2.84 bits per heavy atom. The molecule has 172 valence electrons. The molecule has 2 aromatic rings. The van der Waals surface area contributed by atoms with E-state index in [4.69, 9.17) is 0 Å². The van der Waals surface area contributed by atoms with Gasteiger partial charge in [-0.1, -0.05) is 6.07 Å². The van der Waals surface area contributed by atoms with Crippen LogP contribution in [0.1, 0.15) is 18.4 Å². The van der Waals surface area contributed by atoms with Crippen molar-refractivity contribution in [3.8, 4) is 0 Å². The molecule has 1 fully saturated rings. The van der Waals surface area contributed by atoms with Gasteiger partial charge in [-0.3, -0.25) is 15.6 Å². The highest BCUT2D eigenvalue weighted by Crippen LogP contribution is 2.38. The quantitative estimate of drug-likeness (QED) is 0.428. The smallest absolute Gasteiger partial charge is 0.419 e. The van der Waals surface area contributed by atoms with Crippen LogP contribution in [0, 0.1) is 0 Å². The normalized spacial score (nSPS) is 21.5. The van der Waals surface area contributed by atoms with Crippen LogP contribution in [0.2, 0.25) is 0 Å². The van der Waals surface area contributed by atoms with Gasteiger partial charge in [-0.15, -0.1) is 0 Å². The van der Waals surface area contributed by atoms with Gasteiger partial charge in [0.2, 0.25) is 0 Å². The molecule has 1 aromatic carbocycles. The van der Waals surface area contributed by atoms with Crippen molar-refractivity contribution in [3.05, 3.63) is 33.9 Å². The largest absolute Gasteiger partial charge is 0.453 e. The van der Waals surface area contributed by atoms with Crippen LogP contribution in [0.25, 0.3) is 16.6 Å². The maximum atomic E-state index is 13.8. The summed E-state index contributed by atoms with van der Waals surface area (Å²) in [4.78, 5) is 18.6. The second kappa shape index (κ2) is 9.12. The number of benzene rings is 1. The second-order valence-corrected chi connectivity index (χ2v) is 8.28. The number of H-pyrrole nitrogens is 1.